The maximum absolute atomic E-state index is 12.4. The zero-order valence-corrected chi connectivity index (χ0v) is 13.5. The van der Waals surface area contributed by atoms with Gasteiger partial charge in [0.15, 0.2) is 0 Å². The lowest BCUT2D eigenvalue weighted by Crippen LogP contribution is -2.55. The first-order valence-electron chi connectivity index (χ1n) is 7.35. The second-order valence-corrected chi connectivity index (χ2v) is 5.76. The zero-order valence-electron chi connectivity index (χ0n) is 13.5. The number of carbonyl (C=O) groups excluding carboxylic acids is 3. The van der Waals surface area contributed by atoms with Crippen molar-refractivity contribution in [2.75, 3.05) is 0 Å². The molecule has 0 fully saturated rings. The fourth-order valence-corrected chi connectivity index (χ4v) is 2.14. The van der Waals surface area contributed by atoms with Gasteiger partial charge in [-0.3, -0.25) is 14.4 Å². The lowest BCUT2D eigenvalue weighted by molar-refractivity contribution is -0.131. The van der Waals surface area contributed by atoms with Gasteiger partial charge in [0.05, 0.1) is 0 Å². The number of hydrogen-bond acceptors (Lipinski definition) is 4. The second kappa shape index (κ2) is 8.17. The van der Waals surface area contributed by atoms with Crippen molar-refractivity contribution in [2.24, 2.45) is 11.7 Å². The Morgan fingerprint density at radius 3 is 2.13 bits per heavy atom. The number of phenols is 1. The van der Waals surface area contributed by atoms with Gasteiger partial charge < -0.3 is 21.5 Å². The minimum absolute atomic E-state index is 0.114. The normalized spacial score (nSPS) is 13.2. The Bertz CT molecular complexity index is 569. The number of benzene rings is 1. The standard InChI is InChI=1S/C16H23N3O4/c1-9(2)14(15(17)22)19-16(23)13(18-10(3)20)8-11-4-6-12(21)7-5-11/h4-7,9,13-14,21H,8H2,1-3H3,(H2,17,22)(H,18,20)(H,19,23)/t13-,14+/m0/s1. The number of hydrogen-bond donors (Lipinski definition) is 4. The summed E-state index contributed by atoms with van der Waals surface area (Å²) in [6.45, 7) is 4.84. The fraction of sp³-hybridized carbons (Fsp3) is 0.438. The highest BCUT2D eigenvalue weighted by molar-refractivity contribution is 5.91. The van der Waals surface area contributed by atoms with Crippen LogP contribution in [0.2, 0.25) is 0 Å². The number of nitrogens with one attached hydrogen (secondary N) is 2. The van der Waals surface area contributed by atoms with Gasteiger partial charge in [0, 0.05) is 13.3 Å². The molecule has 7 heteroatoms. The molecule has 1 aromatic rings. The van der Waals surface area contributed by atoms with Crippen molar-refractivity contribution in [3.05, 3.63) is 29.8 Å². The van der Waals surface area contributed by atoms with Crippen molar-refractivity contribution in [2.45, 2.75) is 39.3 Å². The number of primary amides is 1. The second-order valence-electron chi connectivity index (χ2n) is 5.76. The third-order valence-electron chi connectivity index (χ3n) is 3.34. The average molecular weight is 321 g/mol. The molecule has 0 aromatic heterocycles. The summed E-state index contributed by atoms with van der Waals surface area (Å²) in [7, 11) is 0. The Morgan fingerprint density at radius 2 is 1.70 bits per heavy atom. The summed E-state index contributed by atoms with van der Waals surface area (Å²) in [4.78, 5) is 35.1. The van der Waals surface area contributed by atoms with Crippen LogP contribution in [0.5, 0.6) is 5.75 Å². The van der Waals surface area contributed by atoms with E-state index in [-0.39, 0.29) is 24.0 Å². The first kappa shape index (κ1) is 18.5. The van der Waals surface area contributed by atoms with E-state index in [1.807, 2.05) is 0 Å². The predicted octanol–water partition coefficient (Wildman–Crippen LogP) is 0.0655. The van der Waals surface area contributed by atoms with Crippen molar-refractivity contribution < 1.29 is 19.5 Å². The van der Waals surface area contributed by atoms with Gasteiger partial charge in [0.1, 0.15) is 17.8 Å². The number of rotatable bonds is 7. The van der Waals surface area contributed by atoms with Gasteiger partial charge in [-0.2, -0.15) is 0 Å². The SMILES string of the molecule is CC(=O)N[C@@H](Cc1ccc(O)cc1)C(=O)N[C@@H](C(N)=O)C(C)C. The molecule has 0 saturated heterocycles. The molecule has 126 valence electrons. The minimum Gasteiger partial charge on any atom is -0.508 e. The number of phenolic OH excluding ortho intramolecular Hbond substituents is 1. The van der Waals surface area contributed by atoms with E-state index in [4.69, 9.17) is 5.73 Å². The van der Waals surface area contributed by atoms with Gasteiger partial charge in [0.25, 0.3) is 0 Å². The number of amides is 3. The molecule has 0 unspecified atom stereocenters. The van der Waals surface area contributed by atoms with Crippen molar-refractivity contribution in [3.8, 4) is 5.75 Å². The van der Waals surface area contributed by atoms with E-state index >= 15 is 0 Å². The highest BCUT2D eigenvalue weighted by Gasteiger charge is 2.27. The molecule has 23 heavy (non-hydrogen) atoms. The molecule has 0 bridgehead atoms. The van der Waals surface area contributed by atoms with Gasteiger partial charge in [-0.15, -0.1) is 0 Å². The Kier molecular flexibility index (Phi) is 6.56. The molecular weight excluding hydrogens is 298 g/mol. The van der Waals surface area contributed by atoms with Crippen LogP contribution in [-0.2, 0) is 20.8 Å². The number of aromatic hydroxyl groups is 1. The lowest BCUT2D eigenvalue weighted by Gasteiger charge is -2.23. The molecule has 2 atom stereocenters. The molecule has 0 heterocycles. The summed E-state index contributed by atoms with van der Waals surface area (Å²) in [6, 6.07) is 4.67. The summed E-state index contributed by atoms with van der Waals surface area (Å²) in [6.07, 6.45) is 0.231. The topological polar surface area (TPSA) is 122 Å². The van der Waals surface area contributed by atoms with Crippen molar-refractivity contribution in [3.63, 3.8) is 0 Å². The summed E-state index contributed by atoms with van der Waals surface area (Å²) in [5.41, 5.74) is 6.05. The highest BCUT2D eigenvalue weighted by Crippen LogP contribution is 2.12. The molecule has 0 spiro atoms. The van der Waals surface area contributed by atoms with Gasteiger partial charge >= 0.3 is 0 Å². The molecule has 1 aromatic carbocycles. The maximum atomic E-state index is 12.4. The summed E-state index contributed by atoms with van der Waals surface area (Å²) in [5.74, 6) is -1.51. The van der Waals surface area contributed by atoms with Crippen molar-refractivity contribution >= 4 is 17.7 Å². The maximum Gasteiger partial charge on any atom is 0.243 e. The van der Waals surface area contributed by atoms with E-state index in [1.165, 1.54) is 19.1 Å². The Morgan fingerprint density at radius 1 is 1.13 bits per heavy atom. The molecule has 0 saturated carbocycles. The van der Waals surface area contributed by atoms with Gasteiger partial charge in [-0.25, -0.2) is 0 Å². The Labute approximate surface area is 135 Å². The summed E-state index contributed by atoms with van der Waals surface area (Å²) >= 11 is 0. The zero-order chi connectivity index (χ0) is 17.6. The van der Waals surface area contributed by atoms with Crippen molar-refractivity contribution in [1.29, 1.82) is 0 Å². The monoisotopic (exact) mass is 321 g/mol. The van der Waals surface area contributed by atoms with Crippen LogP contribution in [0.3, 0.4) is 0 Å². The summed E-state index contributed by atoms with van der Waals surface area (Å²) in [5, 5.41) is 14.4. The van der Waals surface area contributed by atoms with Crippen LogP contribution < -0.4 is 16.4 Å². The van der Waals surface area contributed by atoms with Crippen LogP contribution in [-0.4, -0.2) is 34.9 Å². The average Bonchev–Trinajstić information content (AvgIpc) is 2.44. The fourth-order valence-electron chi connectivity index (χ4n) is 2.14. The summed E-state index contributed by atoms with van der Waals surface area (Å²) < 4.78 is 0. The van der Waals surface area contributed by atoms with E-state index in [9.17, 15) is 19.5 Å². The van der Waals surface area contributed by atoms with Gasteiger partial charge in [-0.1, -0.05) is 26.0 Å². The number of nitrogens with two attached hydrogens (primary N) is 1. The largest absolute Gasteiger partial charge is 0.508 e. The third-order valence-corrected chi connectivity index (χ3v) is 3.34. The Balaban J connectivity index is 2.87. The van der Waals surface area contributed by atoms with E-state index in [2.05, 4.69) is 10.6 Å². The molecule has 0 aliphatic carbocycles. The van der Waals surface area contributed by atoms with E-state index in [0.717, 1.165) is 5.56 Å². The van der Waals surface area contributed by atoms with Gasteiger partial charge in [0.2, 0.25) is 17.7 Å². The van der Waals surface area contributed by atoms with E-state index in [1.54, 1.807) is 26.0 Å². The predicted molar refractivity (Wildman–Crippen MR) is 85.4 cm³/mol. The minimum atomic E-state index is -0.836. The first-order valence-corrected chi connectivity index (χ1v) is 7.35. The van der Waals surface area contributed by atoms with Crippen LogP contribution >= 0.6 is 0 Å². The lowest BCUT2D eigenvalue weighted by atomic mass is 10.0. The quantitative estimate of drug-likeness (QED) is 0.567. The molecule has 3 amide bonds. The van der Waals surface area contributed by atoms with Crippen molar-refractivity contribution in [1.82, 2.24) is 10.6 Å². The third kappa shape index (κ3) is 5.98. The van der Waals surface area contributed by atoms with Crippen LogP contribution in [0.15, 0.2) is 24.3 Å². The van der Waals surface area contributed by atoms with Crippen LogP contribution in [0.25, 0.3) is 0 Å². The molecule has 0 aliphatic rings. The number of carbonyl (C=O) groups is 3. The van der Waals surface area contributed by atoms with Crippen LogP contribution in [0.1, 0.15) is 26.3 Å². The van der Waals surface area contributed by atoms with E-state index in [0.29, 0.717) is 0 Å². The molecule has 7 nitrogen and oxygen atoms in total. The highest BCUT2D eigenvalue weighted by atomic mass is 16.3. The van der Waals surface area contributed by atoms with Crippen LogP contribution in [0.4, 0.5) is 0 Å². The van der Waals surface area contributed by atoms with E-state index < -0.39 is 23.9 Å². The smallest absolute Gasteiger partial charge is 0.243 e. The molecular formula is C16H23N3O4. The molecule has 0 radical (unpaired) electrons. The van der Waals surface area contributed by atoms with Gasteiger partial charge in [-0.05, 0) is 23.6 Å². The first-order chi connectivity index (χ1) is 10.7. The molecule has 5 N–H and O–H groups in total. The molecule has 1 rings (SSSR count). The molecule has 0 aliphatic heterocycles. The Hall–Kier alpha value is -2.57. The van der Waals surface area contributed by atoms with Crippen LogP contribution in [0, 0.1) is 5.92 Å².